The fraction of sp³-hybridized carbons (Fsp3) is 0.500. The average molecular weight is 265 g/mol. The van der Waals surface area contributed by atoms with Crippen molar-refractivity contribution in [2.75, 3.05) is 30.7 Å². The van der Waals surface area contributed by atoms with Crippen molar-refractivity contribution >= 4 is 17.3 Å². The van der Waals surface area contributed by atoms with E-state index in [1.165, 1.54) is 0 Å². The summed E-state index contributed by atoms with van der Waals surface area (Å²) in [6.07, 6.45) is 0. The zero-order valence-corrected chi connectivity index (χ0v) is 11.8. The van der Waals surface area contributed by atoms with Crippen LogP contribution in [0.2, 0.25) is 0 Å². The Hall–Kier alpha value is -1.59. The Morgan fingerprint density at radius 3 is 2.74 bits per heavy atom. The van der Waals surface area contributed by atoms with Crippen molar-refractivity contribution in [2.45, 2.75) is 26.8 Å². The van der Waals surface area contributed by atoms with Gasteiger partial charge in [0.15, 0.2) is 0 Å². The fourth-order valence-corrected chi connectivity index (χ4v) is 1.98. The van der Waals surface area contributed by atoms with Crippen LogP contribution in [0.25, 0.3) is 0 Å². The molecule has 1 amide bonds. The summed E-state index contributed by atoms with van der Waals surface area (Å²) in [6, 6.07) is 5.11. The molecular weight excluding hydrogens is 242 g/mol. The number of rotatable bonds is 6. The first-order valence-corrected chi connectivity index (χ1v) is 6.51. The van der Waals surface area contributed by atoms with Gasteiger partial charge in [-0.3, -0.25) is 9.69 Å². The van der Waals surface area contributed by atoms with Gasteiger partial charge in [-0.1, -0.05) is 6.92 Å². The number of carbonyl (C=O) groups is 1. The Morgan fingerprint density at radius 1 is 1.53 bits per heavy atom. The predicted molar refractivity (Wildman–Crippen MR) is 78.0 cm³/mol. The molecule has 0 aromatic heterocycles. The van der Waals surface area contributed by atoms with Crippen LogP contribution in [0.4, 0.5) is 11.4 Å². The van der Waals surface area contributed by atoms with E-state index in [9.17, 15) is 4.79 Å². The zero-order chi connectivity index (χ0) is 14.4. The number of hydrogen-bond acceptors (Lipinski definition) is 4. The summed E-state index contributed by atoms with van der Waals surface area (Å²) in [4.78, 5) is 14.1. The van der Waals surface area contributed by atoms with Crippen molar-refractivity contribution in [3.8, 4) is 0 Å². The first kappa shape index (κ1) is 15.5. The zero-order valence-electron chi connectivity index (χ0n) is 11.8. The molecule has 0 saturated carbocycles. The van der Waals surface area contributed by atoms with E-state index in [0.29, 0.717) is 12.2 Å². The average Bonchev–Trinajstić information content (AvgIpc) is 2.38. The van der Waals surface area contributed by atoms with E-state index in [1.54, 1.807) is 12.1 Å². The SMILES string of the molecule is CCN(CCO)C(C)C(=O)Nc1ccc(N)cc1C. The number of nitrogens with zero attached hydrogens (tertiary/aromatic N) is 1. The summed E-state index contributed by atoms with van der Waals surface area (Å²) >= 11 is 0. The molecule has 0 heterocycles. The molecular formula is C14H23N3O2. The molecule has 0 radical (unpaired) electrons. The van der Waals surface area contributed by atoms with Gasteiger partial charge >= 0.3 is 0 Å². The lowest BCUT2D eigenvalue weighted by Crippen LogP contribution is -2.43. The highest BCUT2D eigenvalue weighted by atomic mass is 16.3. The maximum Gasteiger partial charge on any atom is 0.241 e. The first-order valence-electron chi connectivity index (χ1n) is 6.51. The Morgan fingerprint density at radius 2 is 2.21 bits per heavy atom. The van der Waals surface area contributed by atoms with Crippen LogP contribution in [0.1, 0.15) is 19.4 Å². The Kier molecular flexibility index (Phi) is 5.79. The Labute approximate surface area is 114 Å². The lowest BCUT2D eigenvalue weighted by atomic mass is 10.1. The van der Waals surface area contributed by atoms with Gasteiger partial charge in [0.1, 0.15) is 0 Å². The summed E-state index contributed by atoms with van der Waals surface area (Å²) in [7, 11) is 0. The molecule has 5 nitrogen and oxygen atoms in total. The first-order chi connectivity index (χ1) is 8.99. The van der Waals surface area contributed by atoms with Crippen LogP contribution in [0.5, 0.6) is 0 Å². The molecule has 0 spiro atoms. The van der Waals surface area contributed by atoms with Crippen LogP contribution in [-0.4, -0.2) is 41.7 Å². The molecule has 106 valence electrons. The molecule has 1 rings (SSSR count). The van der Waals surface area contributed by atoms with Crippen molar-refractivity contribution in [1.29, 1.82) is 0 Å². The number of carbonyl (C=O) groups excluding carboxylic acids is 1. The summed E-state index contributed by atoms with van der Waals surface area (Å²) in [5.41, 5.74) is 8.06. The second-order valence-electron chi connectivity index (χ2n) is 4.59. The standard InChI is InChI=1S/C14H23N3O2/c1-4-17(7-8-18)11(3)14(19)16-13-6-5-12(15)9-10(13)2/h5-6,9,11,18H,4,7-8,15H2,1-3H3,(H,16,19). The van der Waals surface area contributed by atoms with Crippen molar-refractivity contribution in [3.05, 3.63) is 23.8 Å². The second-order valence-corrected chi connectivity index (χ2v) is 4.59. The number of anilines is 2. The fourth-order valence-electron chi connectivity index (χ4n) is 1.98. The van der Waals surface area contributed by atoms with Crippen molar-refractivity contribution in [1.82, 2.24) is 4.90 Å². The van der Waals surface area contributed by atoms with E-state index in [-0.39, 0.29) is 18.6 Å². The summed E-state index contributed by atoms with van der Waals surface area (Å²) in [5.74, 6) is -0.0804. The van der Waals surface area contributed by atoms with Crippen LogP contribution in [0, 0.1) is 6.92 Å². The van der Waals surface area contributed by atoms with Gasteiger partial charge in [-0.05, 0) is 44.2 Å². The van der Waals surface area contributed by atoms with Crippen LogP contribution < -0.4 is 11.1 Å². The third kappa shape index (κ3) is 4.22. The minimum absolute atomic E-state index is 0.0480. The van der Waals surface area contributed by atoms with Crippen molar-refractivity contribution in [2.24, 2.45) is 0 Å². The highest BCUT2D eigenvalue weighted by molar-refractivity contribution is 5.95. The van der Waals surface area contributed by atoms with E-state index in [2.05, 4.69) is 5.32 Å². The lowest BCUT2D eigenvalue weighted by molar-refractivity contribution is -0.120. The number of aliphatic hydroxyl groups excluding tert-OH is 1. The third-order valence-corrected chi connectivity index (χ3v) is 3.23. The number of aliphatic hydroxyl groups is 1. The predicted octanol–water partition coefficient (Wildman–Crippen LogP) is 1.22. The summed E-state index contributed by atoms with van der Waals surface area (Å²) < 4.78 is 0. The maximum absolute atomic E-state index is 12.2. The van der Waals surface area contributed by atoms with Gasteiger partial charge in [0.05, 0.1) is 12.6 Å². The van der Waals surface area contributed by atoms with E-state index in [0.717, 1.165) is 17.8 Å². The van der Waals surface area contributed by atoms with Gasteiger partial charge in [-0.15, -0.1) is 0 Å². The largest absolute Gasteiger partial charge is 0.399 e. The van der Waals surface area contributed by atoms with Crippen LogP contribution >= 0.6 is 0 Å². The number of nitrogens with one attached hydrogen (secondary N) is 1. The number of likely N-dealkylation sites (N-methyl/N-ethyl adjacent to an activating group) is 1. The second kappa shape index (κ2) is 7.11. The van der Waals surface area contributed by atoms with E-state index in [1.807, 2.05) is 31.7 Å². The molecule has 1 aromatic rings. The normalized spacial score (nSPS) is 12.5. The quantitative estimate of drug-likeness (QED) is 0.676. The van der Waals surface area contributed by atoms with Gasteiger partial charge in [0.25, 0.3) is 0 Å². The smallest absolute Gasteiger partial charge is 0.241 e. The molecule has 0 aliphatic carbocycles. The van der Waals surface area contributed by atoms with Crippen molar-refractivity contribution < 1.29 is 9.90 Å². The topological polar surface area (TPSA) is 78.6 Å². The monoisotopic (exact) mass is 265 g/mol. The number of amides is 1. The van der Waals surface area contributed by atoms with E-state index in [4.69, 9.17) is 10.8 Å². The maximum atomic E-state index is 12.2. The van der Waals surface area contributed by atoms with Gasteiger partial charge in [0, 0.05) is 17.9 Å². The highest BCUT2D eigenvalue weighted by Gasteiger charge is 2.19. The van der Waals surface area contributed by atoms with E-state index < -0.39 is 0 Å². The van der Waals surface area contributed by atoms with Crippen molar-refractivity contribution in [3.63, 3.8) is 0 Å². The lowest BCUT2D eigenvalue weighted by Gasteiger charge is -2.26. The molecule has 19 heavy (non-hydrogen) atoms. The summed E-state index contributed by atoms with van der Waals surface area (Å²) in [6.45, 7) is 6.96. The number of hydrogen-bond donors (Lipinski definition) is 3. The van der Waals surface area contributed by atoms with E-state index >= 15 is 0 Å². The van der Waals surface area contributed by atoms with Gasteiger partial charge in [-0.2, -0.15) is 0 Å². The molecule has 5 heteroatoms. The Balaban J connectivity index is 2.72. The van der Waals surface area contributed by atoms with Crippen LogP contribution in [0.15, 0.2) is 18.2 Å². The minimum Gasteiger partial charge on any atom is -0.399 e. The molecule has 0 aliphatic rings. The molecule has 1 atom stereocenters. The molecule has 0 saturated heterocycles. The van der Waals surface area contributed by atoms with Crippen LogP contribution in [0.3, 0.4) is 0 Å². The van der Waals surface area contributed by atoms with Gasteiger partial charge < -0.3 is 16.2 Å². The molecule has 0 bridgehead atoms. The number of aryl methyl sites for hydroxylation is 1. The van der Waals surface area contributed by atoms with Gasteiger partial charge in [-0.25, -0.2) is 0 Å². The molecule has 1 unspecified atom stereocenters. The number of benzene rings is 1. The molecule has 0 fully saturated rings. The Bertz CT molecular complexity index is 435. The minimum atomic E-state index is -0.283. The molecule has 0 aliphatic heterocycles. The number of nitrogens with two attached hydrogens (primary N) is 1. The highest BCUT2D eigenvalue weighted by Crippen LogP contribution is 2.18. The summed E-state index contributed by atoms with van der Waals surface area (Å²) in [5, 5.41) is 11.9. The van der Waals surface area contributed by atoms with Crippen LogP contribution in [-0.2, 0) is 4.79 Å². The third-order valence-electron chi connectivity index (χ3n) is 3.23. The van der Waals surface area contributed by atoms with Gasteiger partial charge in [0.2, 0.25) is 5.91 Å². The molecule has 4 N–H and O–H groups in total. The molecule has 1 aromatic carbocycles. The number of nitrogen functional groups attached to an aromatic ring is 1.